The molecule has 2 atom stereocenters. The van der Waals surface area contributed by atoms with Crippen LogP contribution in [-0.4, -0.2) is 17.2 Å². The predicted molar refractivity (Wildman–Crippen MR) is 89.1 cm³/mol. The summed E-state index contributed by atoms with van der Waals surface area (Å²) in [6.45, 7) is 4.49. The Morgan fingerprint density at radius 3 is 3.05 bits per heavy atom. The van der Waals surface area contributed by atoms with Crippen LogP contribution in [0.3, 0.4) is 0 Å². The first-order chi connectivity index (χ1) is 9.74. The van der Waals surface area contributed by atoms with Crippen LogP contribution in [0.4, 0.5) is 0 Å². The van der Waals surface area contributed by atoms with Gasteiger partial charge < -0.3 is 9.88 Å². The molecule has 108 valence electrons. The van der Waals surface area contributed by atoms with E-state index in [1.54, 1.807) is 0 Å². The second kappa shape index (κ2) is 6.31. The van der Waals surface area contributed by atoms with Crippen molar-refractivity contribution in [1.29, 1.82) is 0 Å². The Labute approximate surface area is 129 Å². The van der Waals surface area contributed by atoms with Crippen molar-refractivity contribution < 1.29 is 0 Å². The van der Waals surface area contributed by atoms with Crippen molar-refractivity contribution in [2.45, 2.75) is 45.2 Å². The van der Waals surface area contributed by atoms with E-state index in [1.807, 2.05) is 0 Å². The maximum atomic E-state index is 3.74. The van der Waals surface area contributed by atoms with Crippen molar-refractivity contribution in [3.63, 3.8) is 0 Å². The average Bonchev–Trinajstić information content (AvgIpc) is 2.84. The first-order valence-electron chi connectivity index (χ1n) is 7.71. The van der Waals surface area contributed by atoms with E-state index in [-0.39, 0.29) is 0 Å². The van der Waals surface area contributed by atoms with Crippen LogP contribution in [0.15, 0.2) is 34.9 Å². The van der Waals surface area contributed by atoms with Crippen LogP contribution in [0.25, 0.3) is 10.9 Å². The number of nitrogens with one attached hydrogen (secondary N) is 1. The van der Waals surface area contributed by atoms with Crippen molar-refractivity contribution in [1.82, 2.24) is 9.88 Å². The van der Waals surface area contributed by atoms with Crippen LogP contribution in [0.5, 0.6) is 0 Å². The highest BCUT2D eigenvalue weighted by atomic mass is 79.9. The van der Waals surface area contributed by atoms with E-state index >= 15 is 0 Å². The number of benzene rings is 1. The Morgan fingerprint density at radius 1 is 1.30 bits per heavy atom. The number of hydrogen-bond donors (Lipinski definition) is 1. The summed E-state index contributed by atoms with van der Waals surface area (Å²) in [4.78, 5) is 0. The number of rotatable bonds is 4. The summed E-state index contributed by atoms with van der Waals surface area (Å²) in [6.07, 6.45) is 7.69. The highest BCUT2D eigenvalue weighted by Crippen LogP contribution is 2.25. The van der Waals surface area contributed by atoms with Gasteiger partial charge in [0, 0.05) is 40.7 Å². The van der Waals surface area contributed by atoms with Crippen LogP contribution in [0.2, 0.25) is 0 Å². The molecule has 1 aliphatic rings. The molecule has 1 heterocycles. The zero-order valence-electron chi connectivity index (χ0n) is 12.1. The highest BCUT2D eigenvalue weighted by molar-refractivity contribution is 9.10. The lowest BCUT2D eigenvalue weighted by molar-refractivity contribution is 0.299. The Morgan fingerprint density at radius 2 is 2.20 bits per heavy atom. The fourth-order valence-corrected chi connectivity index (χ4v) is 3.88. The lowest BCUT2D eigenvalue weighted by atomic mass is 9.87. The molecule has 0 spiro atoms. The van der Waals surface area contributed by atoms with Gasteiger partial charge in [-0.25, -0.2) is 0 Å². The smallest absolute Gasteiger partial charge is 0.0492 e. The molecule has 0 bridgehead atoms. The minimum atomic E-state index is 0.729. The van der Waals surface area contributed by atoms with Gasteiger partial charge in [-0.3, -0.25) is 0 Å². The summed E-state index contributed by atoms with van der Waals surface area (Å²) in [6, 6.07) is 9.34. The van der Waals surface area contributed by atoms with Gasteiger partial charge in [-0.05, 0) is 37.0 Å². The van der Waals surface area contributed by atoms with E-state index in [9.17, 15) is 0 Å². The summed E-state index contributed by atoms with van der Waals surface area (Å²) in [5, 5.41) is 5.04. The fraction of sp³-hybridized carbons (Fsp3) is 0.529. The standard InChI is InChI=1S/C17H23BrN2/c1-13-4-2-5-14(12-13)19-9-11-20-10-8-15-16(18)6-3-7-17(15)20/h3,6-8,10,13-14,19H,2,4-5,9,11-12H2,1H3. The predicted octanol–water partition coefficient (Wildman–Crippen LogP) is 4.57. The molecule has 1 fully saturated rings. The third kappa shape index (κ3) is 3.09. The normalized spacial score (nSPS) is 23.3. The fourth-order valence-electron chi connectivity index (χ4n) is 3.39. The van der Waals surface area contributed by atoms with Crippen LogP contribution in [-0.2, 0) is 6.54 Å². The van der Waals surface area contributed by atoms with E-state index in [0.717, 1.165) is 25.0 Å². The van der Waals surface area contributed by atoms with Crippen LogP contribution in [0, 0.1) is 5.92 Å². The van der Waals surface area contributed by atoms with Crippen molar-refractivity contribution >= 4 is 26.8 Å². The van der Waals surface area contributed by atoms with E-state index in [2.05, 4.69) is 63.2 Å². The number of nitrogens with zero attached hydrogens (tertiary/aromatic N) is 1. The molecule has 2 aromatic rings. The first-order valence-corrected chi connectivity index (χ1v) is 8.50. The molecule has 1 N–H and O–H groups in total. The lowest BCUT2D eigenvalue weighted by Crippen LogP contribution is -2.35. The maximum absolute atomic E-state index is 3.74. The molecule has 2 nitrogen and oxygen atoms in total. The molecule has 0 radical (unpaired) electrons. The quantitative estimate of drug-likeness (QED) is 0.866. The molecule has 1 aromatic heterocycles. The molecule has 2 unspecified atom stereocenters. The SMILES string of the molecule is CC1CCCC(NCCn2ccc3c(Br)cccc32)C1. The Balaban J connectivity index is 1.59. The van der Waals surface area contributed by atoms with E-state index in [0.29, 0.717) is 0 Å². The van der Waals surface area contributed by atoms with Gasteiger partial charge in [0.2, 0.25) is 0 Å². The second-order valence-corrected chi connectivity index (χ2v) is 6.96. The number of hydrogen-bond acceptors (Lipinski definition) is 1. The third-order valence-corrected chi connectivity index (χ3v) is 5.17. The molecule has 1 saturated carbocycles. The lowest BCUT2D eigenvalue weighted by Gasteiger charge is -2.27. The highest BCUT2D eigenvalue weighted by Gasteiger charge is 2.17. The average molecular weight is 335 g/mol. The number of halogens is 1. The van der Waals surface area contributed by atoms with Gasteiger partial charge in [0.05, 0.1) is 0 Å². The molecule has 0 saturated heterocycles. The van der Waals surface area contributed by atoms with Gasteiger partial charge in [-0.2, -0.15) is 0 Å². The van der Waals surface area contributed by atoms with E-state index < -0.39 is 0 Å². The van der Waals surface area contributed by atoms with Crippen molar-refractivity contribution in [2.75, 3.05) is 6.54 Å². The zero-order chi connectivity index (χ0) is 13.9. The van der Waals surface area contributed by atoms with Gasteiger partial charge in [0.15, 0.2) is 0 Å². The van der Waals surface area contributed by atoms with Crippen molar-refractivity contribution in [3.05, 3.63) is 34.9 Å². The van der Waals surface area contributed by atoms with Gasteiger partial charge in [0.1, 0.15) is 0 Å². The Kier molecular flexibility index (Phi) is 4.47. The van der Waals surface area contributed by atoms with Crippen molar-refractivity contribution in [3.8, 4) is 0 Å². The van der Waals surface area contributed by atoms with Crippen LogP contribution >= 0.6 is 15.9 Å². The molecule has 0 aliphatic heterocycles. The molecular weight excluding hydrogens is 312 g/mol. The topological polar surface area (TPSA) is 17.0 Å². The summed E-state index contributed by atoms with van der Waals surface area (Å²) in [7, 11) is 0. The maximum Gasteiger partial charge on any atom is 0.0492 e. The zero-order valence-corrected chi connectivity index (χ0v) is 13.7. The largest absolute Gasteiger partial charge is 0.346 e. The molecule has 0 amide bonds. The van der Waals surface area contributed by atoms with Gasteiger partial charge in [-0.1, -0.05) is 41.8 Å². The van der Waals surface area contributed by atoms with Crippen LogP contribution < -0.4 is 5.32 Å². The van der Waals surface area contributed by atoms with Gasteiger partial charge >= 0.3 is 0 Å². The second-order valence-electron chi connectivity index (χ2n) is 6.10. The van der Waals surface area contributed by atoms with Gasteiger partial charge in [0.25, 0.3) is 0 Å². The molecule has 1 aromatic carbocycles. The number of aromatic nitrogens is 1. The molecule has 20 heavy (non-hydrogen) atoms. The number of fused-ring (bicyclic) bond motifs is 1. The molecule has 1 aliphatic carbocycles. The van der Waals surface area contributed by atoms with Crippen molar-refractivity contribution in [2.24, 2.45) is 5.92 Å². The Bertz CT molecular complexity index is 575. The summed E-state index contributed by atoms with van der Waals surface area (Å²) in [5.41, 5.74) is 1.32. The minimum absolute atomic E-state index is 0.729. The van der Waals surface area contributed by atoms with Gasteiger partial charge in [-0.15, -0.1) is 0 Å². The third-order valence-electron chi connectivity index (χ3n) is 4.48. The minimum Gasteiger partial charge on any atom is -0.346 e. The summed E-state index contributed by atoms with van der Waals surface area (Å²) >= 11 is 3.62. The Hall–Kier alpha value is -0.800. The summed E-state index contributed by atoms with van der Waals surface area (Å²) in [5.74, 6) is 0.893. The van der Waals surface area contributed by atoms with E-state index in [4.69, 9.17) is 0 Å². The monoisotopic (exact) mass is 334 g/mol. The molecular formula is C17H23BrN2. The summed E-state index contributed by atoms with van der Waals surface area (Å²) < 4.78 is 3.53. The molecule has 3 rings (SSSR count). The first kappa shape index (κ1) is 14.2. The van der Waals surface area contributed by atoms with Crippen LogP contribution in [0.1, 0.15) is 32.6 Å². The molecule has 3 heteroatoms. The van der Waals surface area contributed by atoms with E-state index in [1.165, 1.54) is 41.1 Å².